The minimum Gasteiger partial charge on any atom is -0.335 e. The highest BCUT2D eigenvalue weighted by atomic mass is 35.5. The third kappa shape index (κ3) is 3.04. The number of sulfone groups is 1. The fraction of sp³-hybridized carbons (Fsp3) is 0.500. The Morgan fingerprint density at radius 2 is 2.25 bits per heavy atom. The second-order valence-corrected chi connectivity index (χ2v) is 7.37. The zero-order valence-corrected chi connectivity index (χ0v) is 12.5. The fourth-order valence-corrected chi connectivity index (χ4v) is 4.25. The summed E-state index contributed by atoms with van der Waals surface area (Å²) in [4.78, 5) is 27.9. The summed E-state index contributed by atoms with van der Waals surface area (Å²) >= 11 is 5.78. The van der Waals surface area contributed by atoms with Crippen molar-refractivity contribution in [1.82, 2.24) is 9.88 Å². The lowest BCUT2D eigenvalue weighted by atomic mass is 10.1. The molecule has 1 fully saturated rings. The van der Waals surface area contributed by atoms with E-state index in [2.05, 4.69) is 4.98 Å². The number of hydrogen-bond acceptors (Lipinski definition) is 4. The number of nitrogens with zero attached hydrogens (tertiary/aromatic N) is 1. The first-order valence-corrected chi connectivity index (χ1v) is 8.43. The Balaban J connectivity index is 2.30. The summed E-state index contributed by atoms with van der Waals surface area (Å²) in [5.74, 6) is -0.461. The summed E-state index contributed by atoms with van der Waals surface area (Å²) in [7, 11) is -3.09. The Bertz CT molecular complexity index is 683. The zero-order valence-electron chi connectivity index (χ0n) is 10.9. The van der Waals surface area contributed by atoms with E-state index in [0.717, 1.165) is 0 Å². The molecule has 1 aromatic rings. The summed E-state index contributed by atoms with van der Waals surface area (Å²) < 4.78 is 23.0. The predicted molar refractivity (Wildman–Crippen MR) is 75.8 cm³/mol. The maximum Gasteiger partial charge on any atom is 0.260 e. The highest BCUT2D eigenvalue weighted by molar-refractivity contribution is 7.91. The number of aromatic amines is 1. The van der Waals surface area contributed by atoms with E-state index in [9.17, 15) is 18.0 Å². The van der Waals surface area contributed by atoms with Crippen LogP contribution in [0.5, 0.6) is 0 Å². The molecule has 110 valence electrons. The second kappa shape index (κ2) is 5.57. The molecule has 0 saturated carbocycles. The van der Waals surface area contributed by atoms with Crippen LogP contribution in [0, 0.1) is 0 Å². The number of halogens is 1. The van der Waals surface area contributed by atoms with Gasteiger partial charge in [-0.15, -0.1) is 0 Å². The van der Waals surface area contributed by atoms with Crippen LogP contribution in [0.25, 0.3) is 0 Å². The first-order valence-electron chi connectivity index (χ1n) is 6.23. The fourth-order valence-electron chi connectivity index (χ4n) is 2.36. The number of hydrogen-bond donors (Lipinski definition) is 1. The number of H-pyrrole nitrogens is 1. The molecule has 0 radical (unpaired) electrons. The molecule has 1 aliphatic heterocycles. The van der Waals surface area contributed by atoms with Gasteiger partial charge in [-0.1, -0.05) is 11.6 Å². The minimum absolute atomic E-state index is 0.0505. The standard InChI is InChI=1S/C12H15ClN2O4S/c1-2-15(9-3-4-20(18,19)7-9)12(17)10-5-8(13)6-14-11(10)16/h5-6,9H,2-4,7H2,1H3,(H,14,16). The van der Waals surface area contributed by atoms with Gasteiger partial charge in [-0.2, -0.15) is 0 Å². The molecule has 0 bridgehead atoms. The molecule has 6 nitrogen and oxygen atoms in total. The molecule has 0 aromatic carbocycles. The molecule has 1 saturated heterocycles. The predicted octanol–water partition coefficient (Wildman–Crippen LogP) is 0.678. The highest BCUT2D eigenvalue weighted by Gasteiger charge is 2.34. The number of amides is 1. The molecule has 2 heterocycles. The van der Waals surface area contributed by atoms with Crippen molar-refractivity contribution < 1.29 is 13.2 Å². The van der Waals surface area contributed by atoms with Crippen LogP contribution >= 0.6 is 11.6 Å². The molecule has 1 atom stereocenters. The van der Waals surface area contributed by atoms with E-state index in [-0.39, 0.29) is 28.1 Å². The molecular formula is C12H15ClN2O4S. The average Bonchev–Trinajstić information content (AvgIpc) is 2.73. The van der Waals surface area contributed by atoms with Gasteiger partial charge in [-0.3, -0.25) is 9.59 Å². The van der Waals surface area contributed by atoms with Crippen molar-refractivity contribution in [2.24, 2.45) is 0 Å². The molecule has 1 unspecified atom stereocenters. The molecule has 2 rings (SSSR count). The quantitative estimate of drug-likeness (QED) is 0.887. The smallest absolute Gasteiger partial charge is 0.260 e. The van der Waals surface area contributed by atoms with Gasteiger partial charge in [-0.05, 0) is 19.4 Å². The lowest BCUT2D eigenvalue weighted by Gasteiger charge is -2.26. The Labute approximate surface area is 121 Å². The summed E-state index contributed by atoms with van der Waals surface area (Å²) in [6.45, 7) is 2.09. The topological polar surface area (TPSA) is 87.3 Å². The molecule has 8 heteroatoms. The van der Waals surface area contributed by atoms with Crippen LogP contribution in [-0.2, 0) is 9.84 Å². The van der Waals surface area contributed by atoms with Crippen LogP contribution < -0.4 is 5.56 Å². The maximum absolute atomic E-state index is 12.4. The lowest BCUT2D eigenvalue weighted by Crippen LogP contribution is -2.42. The van der Waals surface area contributed by atoms with Crippen LogP contribution in [0.4, 0.5) is 0 Å². The van der Waals surface area contributed by atoms with Gasteiger partial charge in [0.05, 0.1) is 16.5 Å². The number of carbonyl (C=O) groups excluding carboxylic acids is 1. The minimum atomic E-state index is -3.09. The number of rotatable bonds is 3. The van der Waals surface area contributed by atoms with Crippen molar-refractivity contribution in [2.45, 2.75) is 19.4 Å². The molecule has 1 aromatic heterocycles. The van der Waals surface area contributed by atoms with Gasteiger partial charge in [-0.25, -0.2) is 8.42 Å². The van der Waals surface area contributed by atoms with Crippen LogP contribution in [0.3, 0.4) is 0 Å². The van der Waals surface area contributed by atoms with Gasteiger partial charge >= 0.3 is 0 Å². The summed E-state index contributed by atoms with van der Waals surface area (Å²) in [5, 5.41) is 0.253. The van der Waals surface area contributed by atoms with Crippen molar-refractivity contribution >= 4 is 27.3 Å². The third-order valence-electron chi connectivity index (χ3n) is 3.35. The van der Waals surface area contributed by atoms with E-state index in [4.69, 9.17) is 11.6 Å². The van der Waals surface area contributed by atoms with E-state index in [1.807, 2.05) is 0 Å². The van der Waals surface area contributed by atoms with Gasteiger partial charge in [0.15, 0.2) is 9.84 Å². The van der Waals surface area contributed by atoms with E-state index < -0.39 is 21.3 Å². The molecule has 1 aliphatic rings. The van der Waals surface area contributed by atoms with Gasteiger partial charge in [0, 0.05) is 18.8 Å². The lowest BCUT2D eigenvalue weighted by molar-refractivity contribution is 0.0706. The Kier molecular flexibility index (Phi) is 4.19. The number of nitrogens with one attached hydrogen (secondary N) is 1. The average molecular weight is 319 g/mol. The van der Waals surface area contributed by atoms with Gasteiger partial charge in [0.25, 0.3) is 11.5 Å². The van der Waals surface area contributed by atoms with Crippen LogP contribution in [0.1, 0.15) is 23.7 Å². The van der Waals surface area contributed by atoms with Gasteiger partial charge < -0.3 is 9.88 Å². The van der Waals surface area contributed by atoms with E-state index in [0.29, 0.717) is 13.0 Å². The first kappa shape index (κ1) is 15.1. The SMILES string of the molecule is CCN(C(=O)c1cc(Cl)c[nH]c1=O)C1CCS(=O)(=O)C1. The first-order chi connectivity index (χ1) is 9.34. The number of aromatic nitrogens is 1. The number of carbonyl (C=O) groups is 1. The summed E-state index contributed by atoms with van der Waals surface area (Å²) in [6, 6.07) is 0.922. The van der Waals surface area contributed by atoms with Crippen LogP contribution in [-0.4, -0.2) is 48.3 Å². The van der Waals surface area contributed by atoms with Gasteiger partial charge in [0.1, 0.15) is 5.56 Å². The largest absolute Gasteiger partial charge is 0.335 e. The highest BCUT2D eigenvalue weighted by Crippen LogP contribution is 2.19. The maximum atomic E-state index is 12.4. The Hall–Kier alpha value is -1.34. The Morgan fingerprint density at radius 1 is 1.55 bits per heavy atom. The Morgan fingerprint density at radius 3 is 2.80 bits per heavy atom. The van der Waals surface area contributed by atoms with E-state index in [1.54, 1.807) is 6.92 Å². The van der Waals surface area contributed by atoms with E-state index >= 15 is 0 Å². The molecule has 0 spiro atoms. The number of pyridine rings is 1. The summed E-state index contributed by atoms with van der Waals surface area (Å²) in [5.41, 5.74) is -0.595. The van der Waals surface area contributed by atoms with Crippen molar-refractivity contribution in [2.75, 3.05) is 18.1 Å². The van der Waals surface area contributed by atoms with Crippen LogP contribution in [0.2, 0.25) is 5.02 Å². The van der Waals surface area contributed by atoms with Crippen molar-refractivity contribution in [1.29, 1.82) is 0 Å². The second-order valence-electron chi connectivity index (χ2n) is 4.71. The zero-order chi connectivity index (χ0) is 14.9. The molecule has 20 heavy (non-hydrogen) atoms. The monoisotopic (exact) mass is 318 g/mol. The third-order valence-corrected chi connectivity index (χ3v) is 5.32. The van der Waals surface area contributed by atoms with Gasteiger partial charge in [0.2, 0.25) is 0 Å². The van der Waals surface area contributed by atoms with Crippen molar-refractivity contribution in [3.05, 3.63) is 33.2 Å². The summed E-state index contributed by atoms with van der Waals surface area (Å²) in [6.07, 6.45) is 1.71. The van der Waals surface area contributed by atoms with Crippen LogP contribution in [0.15, 0.2) is 17.1 Å². The van der Waals surface area contributed by atoms with Crippen molar-refractivity contribution in [3.8, 4) is 0 Å². The van der Waals surface area contributed by atoms with E-state index in [1.165, 1.54) is 17.2 Å². The normalized spacial score (nSPS) is 20.8. The molecule has 0 aliphatic carbocycles. The molecular weight excluding hydrogens is 304 g/mol. The molecule has 1 N–H and O–H groups in total. The molecule has 1 amide bonds. The van der Waals surface area contributed by atoms with Crippen molar-refractivity contribution in [3.63, 3.8) is 0 Å².